The van der Waals surface area contributed by atoms with Crippen molar-refractivity contribution in [2.45, 2.75) is 72.6 Å². The zero-order valence-corrected chi connectivity index (χ0v) is 14.1. The molecule has 0 radical (unpaired) electrons. The van der Waals surface area contributed by atoms with Gasteiger partial charge >= 0.3 is 0 Å². The summed E-state index contributed by atoms with van der Waals surface area (Å²) in [6.45, 7) is 12.1. The van der Waals surface area contributed by atoms with Crippen molar-refractivity contribution < 1.29 is 4.74 Å². The average Bonchev–Trinajstić information content (AvgIpc) is 2.34. The number of nitrogens with one attached hydrogen (secondary N) is 1. The van der Waals surface area contributed by atoms with Crippen LogP contribution < -0.4 is 10.1 Å². The monoisotopic (exact) mass is 290 g/mol. The zero-order chi connectivity index (χ0) is 15.5. The molecule has 1 N–H and O–H groups in total. The lowest BCUT2D eigenvalue weighted by Crippen LogP contribution is -2.34. The summed E-state index contributed by atoms with van der Waals surface area (Å²) in [5.41, 5.74) is 1.42. The van der Waals surface area contributed by atoms with E-state index < -0.39 is 0 Å². The van der Waals surface area contributed by atoms with E-state index in [1.165, 1.54) is 6.42 Å². The normalized spacial score (nSPS) is 25.0. The summed E-state index contributed by atoms with van der Waals surface area (Å²) in [5.74, 6) is 1.50. The van der Waals surface area contributed by atoms with E-state index in [1.54, 1.807) is 0 Å². The summed E-state index contributed by atoms with van der Waals surface area (Å²) < 4.78 is 6.17. The lowest BCUT2D eigenvalue weighted by atomic mass is 9.71. The second-order valence-electron chi connectivity index (χ2n) is 7.66. The Hall–Kier alpha value is -1.09. The number of hydrogen-bond acceptors (Lipinski definition) is 3. The minimum absolute atomic E-state index is 0.296. The first-order valence-corrected chi connectivity index (χ1v) is 8.20. The third-order valence-corrected chi connectivity index (χ3v) is 4.11. The Kier molecular flexibility index (Phi) is 5.26. The van der Waals surface area contributed by atoms with Gasteiger partial charge in [0.2, 0.25) is 5.88 Å². The SMILES string of the molecule is CC1CC(Oc2cccc(CNC(C)C)n2)CC(C)(C)C1. The highest BCUT2D eigenvalue weighted by Crippen LogP contribution is 2.39. The van der Waals surface area contributed by atoms with Gasteiger partial charge in [-0.05, 0) is 36.7 Å². The van der Waals surface area contributed by atoms with Crippen LogP contribution in [0.3, 0.4) is 0 Å². The number of hydrogen-bond donors (Lipinski definition) is 1. The molecule has 2 unspecified atom stereocenters. The summed E-state index contributed by atoms with van der Waals surface area (Å²) in [5, 5.41) is 3.39. The van der Waals surface area contributed by atoms with Crippen LogP contribution in [-0.4, -0.2) is 17.1 Å². The minimum Gasteiger partial charge on any atom is -0.474 e. The molecule has 3 heteroatoms. The van der Waals surface area contributed by atoms with E-state index in [4.69, 9.17) is 4.74 Å². The van der Waals surface area contributed by atoms with Gasteiger partial charge < -0.3 is 10.1 Å². The molecular weight excluding hydrogens is 260 g/mol. The third kappa shape index (κ3) is 5.31. The molecule has 0 aliphatic heterocycles. The molecular formula is C18H30N2O. The molecule has 0 aromatic carbocycles. The van der Waals surface area contributed by atoms with Crippen LogP contribution in [0.2, 0.25) is 0 Å². The molecule has 1 aromatic rings. The van der Waals surface area contributed by atoms with Crippen LogP contribution in [0.25, 0.3) is 0 Å². The smallest absolute Gasteiger partial charge is 0.213 e. The molecule has 0 spiro atoms. The Balaban J connectivity index is 1.97. The fourth-order valence-corrected chi connectivity index (χ4v) is 3.45. The third-order valence-electron chi connectivity index (χ3n) is 4.11. The predicted molar refractivity (Wildman–Crippen MR) is 87.4 cm³/mol. The lowest BCUT2D eigenvalue weighted by molar-refractivity contribution is 0.0531. The van der Waals surface area contributed by atoms with E-state index in [1.807, 2.05) is 12.1 Å². The first-order valence-electron chi connectivity index (χ1n) is 8.20. The Morgan fingerprint density at radius 1 is 1.33 bits per heavy atom. The molecule has 1 aliphatic rings. The van der Waals surface area contributed by atoms with Crippen molar-refractivity contribution in [3.8, 4) is 5.88 Å². The molecule has 1 aliphatic carbocycles. The number of rotatable bonds is 5. The van der Waals surface area contributed by atoms with Gasteiger partial charge in [-0.2, -0.15) is 0 Å². The van der Waals surface area contributed by atoms with E-state index >= 15 is 0 Å². The molecule has 1 heterocycles. The first kappa shape index (κ1) is 16.3. The predicted octanol–water partition coefficient (Wildman–Crippen LogP) is 4.17. The topological polar surface area (TPSA) is 34.1 Å². The number of ether oxygens (including phenoxy) is 1. The second kappa shape index (κ2) is 6.78. The summed E-state index contributed by atoms with van der Waals surface area (Å²) in [6, 6.07) is 6.54. The fraction of sp³-hybridized carbons (Fsp3) is 0.722. The van der Waals surface area contributed by atoms with Crippen LogP contribution in [0.4, 0.5) is 0 Å². The maximum Gasteiger partial charge on any atom is 0.213 e. The van der Waals surface area contributed by atoms with Crippen molar-refractivity contribution in [3.63, 3.8) is 0 Å². The molecule has 0 bridgehead atoms. The van der Waals surface area contributed by atoms with Gasteiger partial charge in [-0.15, -0.1) is 0 Å². The molecule has 2 rings (SSSR count). The van der Waals surface area contributed by atoms with E-state index in [2.05, 4.69) is 51.0 Å². The van der Waals surface area contributed by atoms with Crippen LogP contribution in [-0.2, 0) is 6.54 Å². The molecule has 0 amide bonds. The Morgan fingerprint density at radius 2 is 2.10 bits per heavy atom. The van der Waals surface area contributed by atoms with Gasteiger partial charge in [0, 0.05) is 18.7 Å². The average molecular weight is 290 g/mol. The number of pyridine rings is 1. The standard InChI is InChI=1S/C18H30N2O/c1-13(2)19-12-15-7-6-8-17(20-15)21-16-9-14(3)10-18(4,5)11-16/h6-8,13-14,16,19H,9-12H2,1-5H3. The Labute approximate surface area is 129 Å². The number of nitrogens with zero attached hydrogens (tertiary/aromatic N) is 1. The fourth-order valence-electron chi connectivity index (χ4n) is 3.45. The first-order chi connectivity index (χ1) is 9.84. The summed E-state index contributed by atoms with van der Waals surface area (Å²) in [6.07, 6.45) is 3.84. The van der Waals surface area contributed by atoms with Gasteiger partial charge in [-0.3, -0.25) is 0 Å². The largest absolute Gasteiger partial charge is 0.474 e. The zero-order valence-electron chi connectivity index (χ0n) is 14.1. The van der Waals surface area contributed by atoms with Gasteiger partial charge in [0.15, 0.2) is 0 Å². The van der Waals surface area contributed by atoms with Crippen LogP contribution in [0.1, 0.15) is 59.6 Å². The molecule has 2 atom stereocenters. The maximum absolute atomic E-state index is 6.17. The van der Waals surface area contributed by atoms with Crippen molar-refractivity contribution in [3.05, 3.63) is 23.9 Å². The number of aromatic nitrogens is 1. The maximum atomic E-state index is 6.17. The van der Waals surface area contributed by atoms with Crippen LogP contribution in [0.5, 0.6) is 5.88 Å². The molecule has 1 aromatic heterocycles. The van der Waals surface area contributed by atoms with Gasteiger partial charge in [-0.1, -0.05) is 40.7 Å². The Morgan fingerprint density at radius 3 is 2.76 bits per heavy atom. The van der Waals surface area contributed by atoms with Gasteiger partial charge in [0.05, 0.1) is 5.69 Å². The van der Waals surface area contributed by atoms with Crippen molar-refractivity contribution >= 4 is 0 Å². The summed E-state index contributed by atoms with van der Waals surface area (Å²) in [4.78, 5) is 4.63. The minimum atomic E-state index is 0.296. The van der Waals surface area contributed by atoms with Crippen molar-refractivity contribution in [1.82, 2.24) is 10.3 Å². The summed E-state index contributed by atoms with van der Waals surface area (Å²) >= 11 is 0. The quantitative estimate of drug-likeness (QED) is 0.883. The molecule has 1 saturated carbocycles. The second-order valence-corrected chi connectivity index (χ2v) is 7.66. The highest BCUT2D eigenvalue weighted by molar-refractivity contribution is 5.16. The summed E-state index contributed by atoms with van der Waals surface area (Å²) in [7, 11) is 0. The molecule has 0 saturated heterocycles. The molecule has 118 valence electrons. The van der Waals surface area contributed by atoms with E-state index in [0.717, 1.165) is 36.9 Å². The van der Waals surface area contributed by atoms with Crippen LogP contribution in [0.15, 0.2) is 18.2 Å². The van der Waals surface area contributed by atoms with Gasteiger partial charge in [-0.25, -0.2) is 4.98 Å². The highest BCUT2D eigenvalue weighted by Gasteiger charge is 2.33. The van der Waals surface area contributed by atoms with E-state index in [-0.39, 0.29) is 0 Å². The molecule has 3 nitrogen and oxygen atoms in total. The Bertz CT molecular complexity index is 456. The molecule has 21 heavy (non-hydrogen) atoms. The van der Waals surface area contributed by atoms with Crippen molar-refractivity contribution in [1.29, 1.82) is 0 Å². The van der Waals surface area contributed by atoms with Crippen LogP contribution in [0, 0.1) is 11.3 Å². The molecule has 1 fully saturated rings. The van der Waals surface area contributed by atoms with Crippen molar-refractivity contribution in [2.75, 3.05) is 0 Å². The van der Waals surface area contributed by atoms with E-state index in [9.17, 15) is 0 Å². The van der Waals surface area contributed by atoms with Gasteiger partial charge in [0.25, 0.3) is 0 Å². The van der Waals surface area contributed by atoms with Crippen molar-refractivity contribution in [2.24, 2.45) is 11.3 Å². The highest BCUT2D eigenvalue weighted by atomic mass is 16.5. The van der Waals surface area contributed by atoms with Gasteiger partial charge in [0.1, 0.15) is 6.10 Å². The lowest BCUT2D eigenvalue weighted by Gasteiger charge is -2.38. The van der Waals surface area contributed by atoms with Crippen LogP contribution >= 0.6 is 0 Å². The van der Waals surface area contributed by atoms with E-state index in [0.29, 0.717) is 17.6 Å².